The third-order valence-corrected chi connectivity index (χ3v) is 12.7. The number of aromatic nitrogens is 5. The van der Waals surface area contributed by atoms with Crippen LogP contribution in [-0.4, -0.2) is 84.5 Å². The predicted molar refractivity (Wildman–Crippen MR) is 206 cm³/mol. The van der Waals surface area contributed by atoms with Crippen LogP contribution in [0.2, 0.25) is 0 Å². The molecule has 3 aliphatic heterocycles. The molecule has 2 fully saturated rings. The lowest BCUT2D eigenvalue weighted by atomic mass is 9.92. The summed E-state index contributed by atoms with van der Waals surface area (Å²) in [6, 6.07) is 7.08. The molecule has 14 heteroatoms. The highest BCUT2D eigenvalue weighted by molar-refractivity contribution is 7.15. The van der Waals surface area contributed by atoms with Gasteiger partial charge < -0.3 is 10.2 Å². The number of aryl methyl sites for hydroxylation is 4. The Morgan fingerprint density at radius 2 is 1.72 bits per heavy atom. The van der Waals surface area contributed by atoms with Crippen molar-refractivity contribution in [2.75, 3.05) is 26.7 Å². The molecule has 0 bridgehead atoms. The molecule has 3 amide bonds. The van der Waals surface area contributed by atoms with Crippen molar-refractivity contribution in [3.05, 3.63) is 96.8 Å². The minimum Gasteiger partial charge on any atom is -0.371 e. The molecule has 4 aromatic rings. The van der Waals surface area contributed by atoms with E-state index in [-0.39, 0.29) is 42.6 Å². The fraction of sp³-hybridized carbons (Fsp3) is 0.450. The zero-order valence-electron chi connectivity index (χ0n) is 31.4. The molecule has 6 heterocycles. The van der Waals surface area contributed by atoms with Gasteiger partial charge in [0.25, 0.3) is 11.5 Å². The minimum absolute atomic E-state index is 0.0821. The van der Waals surface area contributed by atoms with Gasteiger partial charge in [-0.15, -0.1) is 21.5 Å². The molecule has 2 unspecified atom stereocenters. The van der Waals surface area contributed by atoms with Crippen molar-refractivity contribution < 1.29 is 14.4 Å². The summed E-state index contributed by atoms with van der Waals surface area (Å²) in [4.78, 5) is 62.4. The standard InChI is InChI=1S/C40H45N9O4S/c1-22-9-11-27(12-10-22)36-34-23(2)24(3)54-40(34)48-25(4)44-45-37(48)29(43-36)19-32(50)41-20-26-15-17-47(18-16-26)30-8-6-7-28-21-42-49(39(53)35(28)30)31-13-14-33(51)46(5)38(31)52/h8-12,21,26,29,31H,6-7,13-20H2,1-5H3,(H,41,50). The Morgan fingerprint density at radius 3 is 2.48 bits per heavy atom. The van der Waals surface area contributed by atoms with Crippen molar-refractivity contribution in [2.45, 2.75) is 84.7 Å². The summed E-state index contributed by atoms with van der Waals surface area (Å²) in [6.45, 7) is 10.3. The van der Waals surface area contributed by atoms with E-state index >= 15 is 0 Å². The van der Waals surface area contributed by atoms with Crippen LogP contribution in [0.4, 0.5) is 0 Å². The van der Waals surface area contributed by atoms with E-state index in [0.717, 1.165) is 76.2 Å². The summed E-state index contributed by atoms with van der Waals surface area (Å²) in [5, 5.41) is 17.6. The van der Waals surface area contributed by atoms with E-state index in [1.54, 1.807) is 17.5 Å². The van der Waals surface area contributed by atoms with Gasteiger partial charge in [-0.05, 0) is 76.8 Å². The van der Waals surface area contributed by atoms with Crippen molar-refractivity contribution in [3.8, 4) is 5.00 Å². The van der Waals surface area contributed by atoms with Gasteiger partial charge >= 0.3 is 0 Å². The molecule has 8 rings (SSSR count). The molecule has 2 atom stereocenters. The second-order valence-corrected chi connectivity index (χ2v) is 16.2. The van der Waals surface area contributed by atoms with Gasteiger partial charge in [-0.25, -0.2) is 4.68 Å². The Labute approximate surface area is 317 Å². The summed E-state index contributed by atoms with van der Waals surface area (Å²) < 4.78 is 3.35. The predicted octanol–water partition coefficient (Wildman–Crippen LogP) is 4.54. The number of piperidine rings is 2. The highest BCUT2D eigenvalue weighted by Gasteiger charge is 2.37. The first kappa shape index (κ1) is 35.8. The van der Waals surface area contributed by atoms with E-state index in [0.29, 0.717) is 24.4 Å². The Kier molecular flexibility index (Phi) is 9.41. The first-order valence-corrected chi connectivity index (χ1v) is 19.6. The van der Waals surface area contributed by atoms with E-state index in [4.69, 9.17) is 4.99 Å². The van der Waals surface area contributed by atoms with Crippen LogP contribution in [0.25, 0.3) is 10.7 Å². The Bertz CT molecular complexity index is 2290. The van der Waals surface area contributed by atoms with E-state index in [1.165, 1.54) is 27.7 Å². The van der Waals surface area contributed by atoms with Gasteiger partial charge in [0, 0.05) is 54.8 Å². The van der Waals surface area contributed by atoms with E-state index in [2.05, 4.69) is 81.2 Å². The molecule has 280 valence electrons. The average molecular weight is 748 g/mol. The van der Waals surface area contributed by atoms with E-state index in [1.807, 2.05) is 6.92 Å². The first-order valence-electron chi connectivity index (χ1n) is 18.8. The van der Waals surface area contributed by atoms with Crippen LogP contribution >= 0.6 is 11.3 Å². The van der Waals surface area contributed by atoms with Gasteiger partial charge in [0.15, 0.2) is 5.82 Å². The van der Waals surface area contributed by atoms with Crippen LogP contribution in [0, 0.1) is 33.6 Å². The van der Waals surface area contributed by atoms with E-state index in [9.17, 15) is 19.2 Å². The number of hydrogen-bond acceptors (Lipinski definition) is 10. The minimum atomic E-state index is -0.789. The van der Waals surface area contributed by atoms with Gasteiger partial charge in [0.05, 0.1) is 23.9 Å². The Hall–Kier alpha value is -5.24. The third-order valence-electron chi connectivity index (χ3n) is 11.5. The smallest absolute Gasteiger partial charge is 0.277 e. The summed E-state index contributed by atoms with van der Waals surface area (Å²) in [6.07, 6.45) is 7.66. The Balaban J connectivity index is 0.952. The molecule has 0 radical (unpaired) electrons. The van der Waals surface area contributed by atoms with Crippen LogP contribution in [0.1, 0.15) is 101 Å². The number of likely N-dealkylation sites (N-methyl/N-ethyl adjacent to an activating group) is 1. The first-order chi connectivity index (χ1) is 26.0. The van der Waals surface area contributed by atoms with Crippen LogP contribution in [0.15, 0.2) is 46.3 Å². The van der Waals surface area contributed by atoms with Crippen molar-refractivity contribution in [1.29, 1.82) is 0 Å². The molecule has 2 saturated heterocycles. The third kappa shape index (κ3) is 6.29. The summed E-state index contributed by atoms with van der Waals surface area (Å²) in [5.74, 6) is 0.989. The molecule has 1 aliphatic carbocycles. The van der Waals surface area contributed by atoms with Crippen LogP contribution in [-0.2, 0) is 20.8 Å². The number of aliphatic imine (C=N–C) groups is 1. The number of amides is 3. The molecule has 1 aromatic carbocycles. The van der Waals surface area contributed by atoms with E-state index < -0.39 is 18.0 Å². The largest absolute Gasteiger partial charge is 0.371 e. The molecular weight excluding hydrogens is 703 g/mol. The number of likely N-dealkylation sites (tertiary alicyclic amines) is 2. The number of benzene rings is 1. The quantitative estimate of drug-likeness (QED) is 0.271. The SMILES string of the molecule is Cc1ccc(C2=NC(CC(=O)NCC3CCN(C4=CCCc5cnn(C6CCC(=O)N(C)C6=O)c(=O)c54)CC3)c3nnc(C)n3-c3sc(C)c(C)c32)cc1. The number of nitrogens with one attached hydrogen (secondary N) is 1. The maximum atomic E-state index is 13.9. The number of nitrogens with zero attached hydrogens (tertiary/aromatic N) is 8. The highest BCUT2D eigenvalue weighted by Crippen LogP contribution is 2.40. The normalized spacial score (nSPS) is 20.2. The van der Waals surface area contributed by atoms with Crippen LogP contribution in [0.5, 0.6) is 0 Å². The number of carbonyl (C=O) groups is 3. The van der Waals surface area contributed by atoms with Gasteiger partial charge in [0.2, 0.25) is 11.8 Å². The maximum absolute atomic E-state index is 13.9. The molecule has 1 N–H and O–H groups in total. The highest BCUT2D eigenvalue weighted by atomic mass is 32.1. The molecule has 4 aliphatic rings. The number of hydrogen-bond donors (Lipinski definition) is 1. The number of fused-ring (bicyclic) bond motifs is 4. The zero-order valence-corrected chi connectivity index (χ0v) is 32.2. The number of imide groups is 1. The molecule has 0 spiro atoms. The topological polar surface area (TPSA) is 148 Å². The van der Waals surface area contributed by atoms with Crippen LogP contribution < -0.4 is 10.9 Å². The second-order valence-electron chi connectivity index (χ2n) is 15.0. The fourth-order valence-electron chi connectivity index (χ4n) is 8.18. The lowest BCUT2D eigenvalue weighted by Crippen LogP contribution is -2.47. The van der Waals surface area contributed by atoms with Crippen molar-refractivity contribution in [2.24, 2.45) is 10.9 Å². The molecule has 54 heavy (non-hydrogen) atoms. The Morgan fingerprint density at radius 1 is 0.963 bits per heavy atom. The lowest BCUT2D eigenvalue weighted by Gasteiger charge is -2.37. The monoisotopic (exact) mass is 747 g/mol. The van der Waals surface area contributed by atoms with Gasteiger partial charge in [-0.3, -0.25) is 33.6 Å². The number of carbonyl (C=O) groups excluding carboxylic acids is 3. The van der Waals surface area contributed by atoms with Crippen molar-refractivity contribution in [3.63, 3.8) is 0 Å². The zero-order chi connectivity index (χ0) is 37.8. The van der Waals surface area contributed by atoms with Crippen molar-refractivity contribution >= 4 is 40.5 Å². The molecule has 0 saturated carbocycles. The van der Waals surface area contributed by atoms with Crippen LogP contribution in [0.3, 0.4) is 0 Å². The average Bonchev–Trinajstić information content (AvgIpc) is 3.65. The maximum Gasteiger partial charge on any atom is 0.277 e. The molecule has 13 nitrogen and oxygen atoms in total. The summed E-state index contributed by atoms with van der Waals surface area (Å²) in [7, 11) is 1.46. The summed E-state index contributed by atoms with van der Waals surface area (Å²) in [5.41, 5.74) is 7.38. The second kappa shape index (κ2) is 14.2. The molecular formula is C40H45N9O4S. The van der Waals surface area contributed by atoms with Crippen molar-refractivity contribution in [1.82, 2.24) is 39.7 Å². The number of allylic oxidation sites excluding steroid dienone is 1. The van der Waals surface area contributed by atoms with Gasteiger partial charge in [-0.2, -0.15) is 5.10 Å². The van der Waals surface area contributed by atoms with Gasteiger partial charge in [0.1, 0.15) is 22.9 Å². The summed E-state index contributed by atoms with van der Waals surface area (Å²) >= 11 is 1.70. The number of rotatable bonds is 7. The fourth-order valence-corrected chi connectivity index (χ4v) is 9.40. The number of thiophene rings is 1. The molecule has 3 aromatic heterocycles. The lowest BCUT2D eigenvalue weighted by molar-refractivity contribution is -0.149. The van der Waals surface area contributed by atoms with Gasteiger partial charge in [-0.1, -0.05) is 35.9 Å².